The predicted molar refractivity (Wildman–Crippen MR) is 59.4 cm³/mol. The zero-order valence-electron chi connectivity index (χ0n) is 9.76. The standard InChI is InChI=1S/C11H15BO5/c1-2-7-15-8-9-16-10-5-3-4-6-11(10)17-12(13)14/h3-6H,2,7-9H2,1H3/q-2. The number of hydrogen-bond donors (Lipinski definition) is 0. The van der Waals surface area contributed by atoms with E-state index in [2.05, 4.69) is 4.65 Å². The lowest BCUT2D eigenvalue weighted by Gasteiger charge is -2.27. The van der Waals surface area contributed by atoms with Gasteiger partial charge in [0.1, 0.15) is 19.7 Å². The molecular weight excluding hydrogens is 223 g/mol. The molecular formula is C11H15BO5-2. The highest BCUT2D eigenvalue weighted by molar-refractivity contribution is 6.29. The molecule has 0 unspecified atom stereocenters. The minimum atomic E-state index is -2.35. The van der Waals surface area contributed by atoms with E-state index in [-0.39, 0.29) is 5.75 Å². The summed E-state index contributed by atoms with van der Waals surface area (Å²) in [6.45, 7) is 3.51. The van der Waals surface area contributed by atoms with Crippen molar-refractivity contribution in [1.82, 2.24) is 0 Å². The monoisotopic (exact) mass is 238 g/mol. The number of benzene rings is 1. The third-order valence-corrected chi connectivity index (χ3v) is 1.91. The summed E-state index contributed by atoms with van der Waals surface area (Å²) in [7, 11) is -2.35. The molecule has 0 aliphatic carbocycles. The molecule has 0 spiro atoms. The van der Waals surface area contributed by atoms with Crippen molar-refractivity contribution in [1.29, 1.82) is 0 Å². The van der Waals surface area contributed by atoms with Crippen molar-refractivity contribution in [2.75, 3.05) is 19.8 Å². The van der Waals surface area contributed by atoms with E-state index in [9.17, 15) is 10.0 Å². The summed E-state index contributed by atoms with van der Waals surface area (Å²) in [6.07, 6.45) is 0.952. The molecule has 0 atom stereocenters. The minimum Gasteiger partial charge on any atom is -0.860 e. The molecule has 17 heavy (non-hydrogen) atoms. The maximum Gasteiger partial charge on any atom is 0.159 e. The van der Waals surface area contributed by atoms with Gasteiger partial charge in [0.25, 0.3) is 0 Å². The molecule has 0 saturated heterocycles. The Morgan fingerprint density at radius 3 is 2.41 bits per heavy atom. The second-order valence-electron chi connectivity index (χ2n) is 3.31. The van der Waals surface area contributed by atoms with E-state index >= 15 is 0 Å². The van der Waals surface area contributed by atoms with Crippen LogP contribution in [0.25, 0.3) is 0 Å². The Morgan fingerprint density at radius 1 is 1.06 bits per heavy atom. The number of hydrogen-bond acceptors (Lipinski definition) is 5. The molecule has 5 nitrogen and oxygen atoms in total. The first kappa shape index (κ1) is 13.8. The van der Waals surface area contributed by atoms with Gasteiger partial charge in [-0.1, -0.05) is 19.1 Å². The molecule has 1 aromatic rings. The highest BCUT2D eigenvalue weighted by Crippen LogP contribution is 2.25. The van der Waals surface area contributed by atoms with Crippen molar-refractivity contribution in [2.24, 2.45) is 0 Å². The van der Waals surface area contributed by atoms with E-state index in [1.54, 1.807) is 18.2 Å². The summed E-state index contributed by atoms with van der Waals surface area (Å²) < 4.78 is 15.1. The van der Waals surface area contributed by atoms with Crippen LogP contribution >= 0.6 is 0 Å². The Morgan fingerprint density at radius 2 is 1.76 bits per heavy atom. The molecule has 94 valence electrons. The molecule has 0 saturated carbocycles. The lowest BCUT2D eigenvalue weighted by atomic mass is 10.2. The number of rotatable bonds is 8. The molecule has 0 fully saturated rings. The van der Waals surface area contributed by atoms with Gasteiger partial charge in [-0.25, -0.2) is 0 Å². The Balaban J connectivity index is 2.40. The van der Waals surface area contributed by atoms with Gasteiger partial charge in [0.2, 0.25) is 0 Å². The van der Waals surface area contributed by atoms with E-state index in [4.69, 9.17) is 9.47 Å². The number of ether oxygens (including phenoxy) is 2. The molecule has 0 aliphatic heterocycles. The largest absolute Gasteiger partial charge is 0.860 e. The molecule has 0 N–H and O–H groups in total. The lowest BCUT2D eigenvalue weighted by molar-refractivity contribution is -0.372. The smallest absolute Gasteiger partial charge is 0.159 e. The third-order valence-electron chi connectivity index (χ3n) is 1.91. The number of para-hydroxylation sites is 2. The Kier molecular flexibility index (Phi) is 6.46. The van der Waals surface area contributed by atoms with Crippen LogP contribution in [0.5, 0.6) is 11.5 Å². The zero-order valence-corrected chi connectivity index (χ0v) is 9.76. The Hall–Kier alpha value is -1.24. The highest BCUT2D eigenvalue weighted by Gasteiger charge is 2.02. The molecule has 6 heteroatoms. The van der Waals surface area contributed by atoms with E-state index in [0.29, 0.717) is 25.6 Å². The first-order valence-corrected chi connectivity index (χ1v) is 5.52. The van der Waals surface area contributed by atoms with Gasteiger partial charge in [0.05, 0.1) is 6.61 Å². The summed E-state index contributed by atoms with van der Waals surface area (Å²) in [6, 6.07) is 6.56. The molecule has 0 amide bonds. The zero-order chi connectivity index (χ0) is 12.5. The predicted octanol–water partition coefficient (Wildman–Crippen LogP) is -0.424. The van der Waals surface area contributed by atoms with Crippen LogP contribution in [0.1, 0.15) is 13.3 Å². The summed E-state index contributed by atoms with van der Waals surface area (Å²) in [5.41, 5.74) is 0. The van der Waals surface area contributed by atoms with Crippen LogP contribution < -0.4 is 19.4 Å². The quantitative estimate of drug-likeness (QED) is 0.454. The van der Waals surface area contributed by atoms with Crippen LogP contribution in [-0.2, 0) is 4.74 Å². The van der Waals surface area contributed by atoms with Crippen molar-refractivity contribution < 1.29 is 24.2 Å². The van der Waals surface area contributed by atoms with Crippen molar-refractivity contribution >= 4 is 7.32 Å². The van der Waals surface area contributed by atoms with Gasteiger partial charge in [-0.15, -0.1) is 0 Å². The van der Waals surface area contributed by atoms with Crippen LogP contribution in [0.2, 0.25) is 0 Å². The van der Waals surface area contributed by atoms with Crippen molar-refractivity contribution in [3.05, 3.63) is 24.3 Å². The van der Waals surface area contributed by atoms with Gasteiger partial charge in [-0.05, 0) is 18.6 Å². The average molecular weight is 238 g/mol. The summed E-state index contributed by atoms with van der Waals surface area (Å²) >= 11 is 0. The van der Waals surface area contributed by atoms with Crippen LogP contribution in [0, 0.1) is 0 Å². The molecule has 0 heterocycles. The highest BCUT2D eigenvalue weighted by atomic mass is 16.6. The lowest BCUT2D eigenvalue weighted by Crippen LogP contribution is -2.50. The normalized spacial score (nSPS) is 10.1. The van der Waals surface area contributed by atoms with Gasteiger partial charge in [0.15, 0.2) is 5.75 Å². The average Bonchev–Trinajstić information content (AvgIpc) is 2.30. The fourth-order valence-electron chi connectivity index (χ4n) is 1.23. The molecule has 0 aromatic heterocycles. The molecule has 1 aromatic carbocycles. The molecule has 0 aliphatic rings. The minimum absolute atomic E-state index is 0.165. The van der Waals surface area contributed by atoms with E-state index in [1.165, 1.54) is 6.07 Å². The van der Waals surface area contributed by atoms with E-state index in [1.807, 2.05) is 6.92 Å². The second kappa shape index (κ2) is 7.94. The Bertz CT molecular complexity index is 318. The van der Waals surface area contributed by atoms with Crippen molar-refractivity contribution in [3.63, 3.8) is 0 Å². The van der Waals surface area contributed by atoms with E-state index < -0.39 is 7.32 Å². The first-order valence-electron chi connectivity index (χ1n) is 5.52. The van der Waals surface area contributed by atoms with Gasteiger partial charge in [-0.2, -0.15) is 0 Å². The third kappa shape index (κ3) is 5.58. The fourth-order valence-corrected chi connectivity index (χ4v) is 1.23. The van der Waals surface area contributed by atoms with E-state index in [0.717, 1.165) is 6.42 Å². The SMILES string of the molecule is CCCOCCOc1ccccc1OB([O-])[O-]. The molecule has 1 rings (SSSR count). The van der Waals surface area contributed by atoms with Gasteiger partial charge < -0.3 is 24.2 Å². The summed E-state index contributed by atoms with van der Waals surface area (Å²) in [4.78, 5) is 0. The van der Waals surface area contributed by atoms with Crippen LogP contribution in [0.4, 0.5) is 0 Å². The van der Waals surface area contributed by atoms with Crippen LogP contribution in [-0.4, -0.2) is 27.1 Å². The maximum absolute atomic E-state index is 10.4. The van der Waals surface area contributed by atoms with Gasteiger partial charge in [0, 0.05) is 6.61 Å². The van der Waals surface area contributed by atoms with Gasteiger partial charge in [-0.3, -0.25) is 0 Å². The van der Waals surface area contributed by atoms with Crippen molar-refractivity contribution in [2.45, 2.75) is 13.3 Å². The van der Waals surface area contributed by atoms with Crippen molar-refractivity contribution in [3.8, 4) is 11.5 Å². The van der Waals surface area contributed by atoms with Gasteiger partial charge >= 0.3 is 0 Å². The topological polar surface area (TPSA) is 73.8 Å². The second-order valence-corrected chi connectivity index (χ2v) is 3.31. The Labute approximate surface area is 101 Å². The molecule has 0 radical (unpaired) electrons. The van der Waals surface area contributed by atoms with Crippen LogP contribution in [0.15, 0.2) is 24.3 Å². The summed E-state index contributed by atoms with van der Waals surface area (Å²) in [5.74, 6) is 0.544. The first-order chi connectivity index (χ1) is 8.24. The maximum atomic E-state index is 10.4. The van der Waals surface area contributed by atoms with Crippen LogP contribution in [0.3, 0.4) is 0 Å². The molecule has 0 bridgehead atoms. The summed E-state index contributed by atoms with van der Waals surface area (Å²) in [5, 5.41) is 20.8. The fraction of sp³-hybridized carbons (Fsp3) is 0.455.